The molecular formula is C13H13ClN2O2. The molecular weight excluding hydrogens is 252 g/mol. The lowest BCUT2D eigenvalue weighted by Gasteiger charge is -2.02. The van der Waals surface area contributed by atoms with Gasteiger partial charge in [-0.1, -0.05) is 11.6 Å². The van der Waals surface area contributed by atoms with Gasteiger partial charge in [0.15, 0.2) is 10.7 Å². The van der Waals surface area contributed by atoms with E-state index in [0.717, 1.165) is 30.2 Å². The lowest BCUT2D eigenvalue weighted by atomic mass is 10.1. The van der Waals surface area contributed by atoms with E-state index in [4.69, 9.17) is 16.0 Å². The molecule has 0 spiro atoms. The summed E-state index contributed by atoms with van der Waals surface area (Å²) in [5.74, 6) is 0.423. The van der Waals surface area contributed by atoms with Gasteiger partial charge in [0.25, 0.3) is 0 Å². The van der Waals surface area contributed by atoms with E-state index < -0.39 is 0 Å². The first-order valence-corrected chi connectivity index (χ1v) is 6.42. The van der Waals surface area contributed by atoms with Crippen molar-refractivity contribution < 1.29 is 9.21 Å². The molecule has 2 heterocycles. The zero-order valence-corrected chi connectivity index (χ0v) is 10.5. The fourth-order valence-corrected chi connectivity index (χ4v) is 2.19. The molecule has 2 aromatic heterocycles. The highest BCUT2D eigenvalue weighted by molar-refractivity contribution is 6.33. The van der Waals surface area contributed by atoms with Crippen LogP contribution in [0.15, 0.2) is 22.9 Å². The molecule has 0 aliphatic heterocycles. The summed E-state index contributed by atoms with van der Waals surface area (Å²) in [4.78, 5) is 15.4. The van der Waals surface area contributed by atoms with E-state index in [1.54, 1.807) is 12.5 Å². The van der Waals surface area contributed by atoms with E-state index in [2.05, 4.69) is 10.3 Å². The Hall–Kier alpha value is -1.55. The van der Waals surface area contributed by atoms with Crippen molar-refractivity contribution in [3.8, 4) is 0 Å². The molecule has 0 unspecified atom stereocenters. The third-order valence-electron chi connectivity index (χ3n) is 3.17. The van der Waals surface area contributed by atoms with Crippen LogP contribution in [0.2, 0.25) is 5.15 Å². The van der Waals surface area contributed by atoms with Gasteiger partial charge >= 0.3 is 0 Å². The Morgan fingerprint density at radius 1 is 1.56 bits per heavy atom. The van der Waals surface area contributed by atoms with Gasteiger partial charge in [0.2, 0.25) is 5.91 Å². The molecule has 3 rings (SSSR count). The molecule has 0 bridgehead atoms. The van der Waals surface area contributed by atoms with Crippen molar-refractivity contribution in [2.24, 2.45) is 5.92 Å². The molecule has 1 aliphatic rings. The van der Waals surface area contributed by atoms with Gasteiger partial charge in [-0.3, -0.25) is 4.79 Å². The minimum absolute atomic E-state index is 0.169. The second-order valence-electron chi connectivity index (χ2n) is 4.55. The second kappa shape index (κ2) is 4.61. The minimum Gasteiger partial charge on any atom is -0.461 e. The number of hydrogen-bond donors (Lipinski definition) is 1. The molecule has 1 fully saturated rings. The molecule has 0 atom stereocenters. The van der Waals surface area contributed by atoms with Gasteiger partial charge in [-0.15, -0.1) is 0 Å². The number of amides is 1. The molecule has 0 radical (unpaired) electrons. The van der Waals surface area contributed by atoms with Crippen LogP contribution in [0, 0.1) is 5.92 Å². The highest BCUT2D eigenvalue weighted by Crippen LogP contribution is 2.29. The summed E-state index contributed by atoms with van der Waals surface area (Å²) < 4.78 is 5.39. The summed E-state index contributed by atoms with van der Waals surface area (Å²) >= 11 is 5.93. The van der Waals surface area contributed by atoms with Crippen LogP contribution in [0.25, 0.3) is 11.0 Å². The monoisotopic (exact) mass is 264 g/mol. The third-order valence-corrected chi connectivity index (χ3v) is 3.44. The Balaban J connectivity index is 1.67. The van der Waals surface area contributed by atoms with Crippen LogP contribution in [0.4, 0.5) is 0 Å². The van der Waals surface area contributed by atoms with Gasteiger partial charge in [0.05, 0.1) is 6.26 Å². The molecule has 1 amide bonds. The summed E-state index contributed by atoms with van der Waals surface area (Å²) in [5, 5.41) is 4.28. The first-order chi connectivity index (χ1) is 8.75. The number of nitrogens with zero attached hydrogens (tertiary/aromatic N) is 1. The molecule has 4 nitrogen and oxygen atoms in total. The Kier molecular flexibility index (Phi) is 2.96. The average molecular weight is 265 g/mol. The van der Waals surface area contributed by atoms with Crippen molar-refractivity contribution in [1.82, 2.24) is 10.3 Å². The Morgan fingerprint density at radius 2 is 2.39 bits per heavy atom. The molecule has 1 aliphatic carbocycles. The third kappa shape index (κ3) is 2.20. The van der Waals surface area contributed by atoms with Crippen LogP contribution in [-0.4, -0.2) is 17.4 Å². The Bertz CT molecular complexity index is 590. The van der Waals surface area contributed by atoms with Gasteiger partial charge in [0.1, 0.15) is 0 Å². The highest BCUT2D eigenvalue weighted by atomic mass is 35.5. The number of halogens is 1. The van der Waals surface area contributed by atoms with Crippen molar-refractivity contribution in [1.29, 1.82) is 0 Å². The number of hydrogen-bond acceptors (Lipinski definition) is 3. The van der Waals surface area contributed by atoms with Crippen LogP contribution < -0.4 is 5.32 Å². The summed E-state index contributed by atoms with van der Waals surface area (Å²) in [6.07, 6.45) is 6.14. The van der Waals surface area contributed by atoms with Crippen LogP contribution in [0.3, 0.4) is 0 Å². The lowest BCUT2D eigenvalue weighted by molar-refractivity contribution is -0.122. The average Bonchev–Trinajstić information content (AvgIpc) is 3.13. The quantitative estimate of drug-likeness (QED) is 0.864. The fourth-order valence-electron chi connectivity index (χ4n) is 1.99. The van der Waals surface area contributed by atoms with Gasteiger partial charge in [-0.25, -0.2) is 4.98 Å². The van der Waals surface area contributed by atoms with Crippen molar-refractivity contribution in [2.45, 2.75) is 19.3 Å². The number of carbonyl (C=O) groups is 1. The first-order valence-electron chi connectivity index (χ1n) is 6.04. The largest absolute Gasteiger partial charge is 0.461 e. The van der Waals surface area contributed by atoms with Gasteiger partial charge < -0.3 is 9.73 Å². The second-order valence-corrected chi connectivity index (χ2v) is 4.91. The number of carbonyl (C=O) groups excluding carboxylic acids is 1. The molecule has 18 heavy (non-hydrogen) atoms. The van der Waals surface area contributed by atoms with Crippen LogP contribution in [0.5, 0.6) is 0 Å². The molecule has 94 valence electrons. The molecule has 2 aromatic rings. The minimum atomic E-state index is 0.169. The smallest absolute Gasteiger partial charge is 0.223 e. The fraction of sp³-hybridized carbons (Fsp3) is 0.385. The molecule has 0 aromatic carbocycles. The normalized spacial score (nSPS) is 14.9. The summed E-state index contributed by atoms with van der Waals surface area (Å²) in [6.45, 7) is 0.629. The first kappa shape index (κ1) is 11.5. The highest BCUT2D eigenvalue weighted by Gasteiger charge is 2.29. The topological polar surface area (TPSA) is 55.1 Å². The SMILES string of the molecule is O=C(NCCc1coc2c(Cl)nccc12)C1CC1. The summed E-state index contributed by atoms with van der Waals surface area (Å²) in [7, 11) is 0. The van der Waals surface area contributed by atoms with E-state index in [9.17, 15) is 4.79 Å². The lowest BCUT2D eigenvalue weighted by Crippen LogP contribution is -2.26. The van der Waals surface area contributed by atoms with Crippen LogP contribution in [-0.2, 0) is 11.2 Å². The van der Waals surface area contributed by atoms with Crippen LogP contribution >= 0.6 is 11.6 Å². The van der Waals surface area contributed by atoms with E-state index in [1.165, 1.54) is 0 Å². The standard InChI is InChI=1S/C13H13ClN2O2/c14-12-11-10(4-6-15-12)9(7-18-11)3-5-16-13(17)8-1-2-8/h4,6-8H,1-3,5H2,(H,16,17). The van der Waals surface area contributed by atoms with Crippen molar-refractivity contribution in [3.63, 3.8) is 0 Å². The van der Waals surface area contributed by atoms with Gasteiger partial charge in [-0.05, 0) is 25.3 Å². The Labute approximate surface area is 109 Å². The van der Waals surface area contributed by atoms with Crippen LogP contribution in [0.1, 0.15) is 18.4 Å². The predicted octanol–water partition coefficient (Wildman–Crippen LogP) is 2.55. The van der Waals surface area contributed by atoms with E-state index in [0.29, 0.717) is 17.3 Å². The number of nitrogens with one attached hydrogen (secondary N) is 1. The zero-order valence-electron chi connectivity index (χ0n) is 9.78. The number of fused-ring (bicyclic) bond motifs is 1. The maximum atomic E-state index is 11.5. The maximum absolute atomic E-state index is 11.5. The number of pyridine rings is 1. The summed E-state index contributed by atoms with van der Waals surface area (Å²) in [5.41, 5.74) is 1.66. The molecule has 5 heteroatoms. The summed E-state index contributed by atoms with van der Waals surface area (Å²) in [6, 6.07) is 1.88. The van der Waals surface area contributed by atoms with Crippen molar-refractivity contribution in [2.75, 3.05) is 6.54 Å². The van der Waals surface area contributed by atoms with Crippen molar-refractivity contribution >= 4 is 28.5 Å². The van der Waals surface area contributed by atoms with E-state index in [1.807, 2.05) is 6.07 Å². The molecule has 1 N–H and O–H groups in total. The molecule has 1 saturated carbocycles. The van der Waals surface area contributed by atoms with E-state index >= 15 is 0 Å². The van der Waals surface area contributed by atoms with Crippen molar-refractivity contribution in [3.05, 3.63) is 29.2 Å². The number of furan rings is 1. The van der Waals surface area contributed by atoms with E-state index in [-0.39, 0.29) is 11.8 Å². The number of aromatic nitrogens is 1. The predicted molar refractivity (Wildman–Crippen MR) is 68.5 cm³/mol. The number of rotatable bonds is 4. The van der Waals surface area contributed by atoms with Gasteiger partial charge in [-0.2, -0.15) is 0 Å². The maximum Gasteiger partial charge on any atom is 0.223 e. The zero-order chi connectivity index (χ0) is 12.5. The Morgan fingerprint density at radius 3 is 3.17 bits per heavy atom. The molecule has 0 saturated heterocycles. The van der Waals surface area contributed by atoms with Gasteiger partial charge in [0, 0.05) is 29.6 Å².